The summed E-state index contributed by atoms with van der Waals surface area (Å²) in [6.45, 7) is 2.91. The number of nitrogens with one attached hydrogen (secondary N) is 1. The summed E-state index contributed by atoms with van der Waals surface area (Å²) in [5, 5.41) is 3.12. The van der Waals surface area contributed by atoms with Gasteiger partial charge in [0.05, 0.1) is 5.69 Å². The average molecular weight is 270 g/mol. The fourth-order valence-corrected chi connectivity index (χ4v) is 2.25. The van der Waals surface area contributed by atoms with Crippen LogP contribution in [0.2, 0.25) is 0 Å². The van der Waals surface area contributed by atoms with Crippen LogP contribution in [-0.4, -0.2) is 32.6 Å². The molecule has 0 aliphatic rings. The number of benzene rings is 1. The number of thioether (sulfide) groups is 1. The maximum absolute atomic E-state index is 14.0. The summed E-state index contributed by atoms with van der Waals surface area (Å²) >= 11 is 1.82. The van der Waals surface area contributed by atoms with E-state index in [1.807, 2.05) is 49.8 Å². The van der Waals surface area contributed by atoms with E-state index in [0.717, 1.165) is 24.3 Å². The molecular formula is C14H23FN2S. The highest BCUT2D eigenvalue weighted by Crippen LogP contribution is 2.22. The lowest BCUT2D eigenvalue weighted by Crippen LogP contribution is -2.20. The Balaban J connectivity index is 2.72. The van der Waals surface area contributed by atoms with Gasteiger partial charge in [0.15, 0.2) is 0 Å². The van der Waals surface area contributed by atoms with Crippen LogP contribution in [0, 0.1) is 5.82 Å². The van der Waals surface area contributed by atoms with E-state index in [2.05, 4.69) is 11.6 Å². The molecule has 0 aromatic heterocycles. The first kappa shape index (κ1) is 15.3. The van der Waals surface area contributed by atoms with Crippen LogP contribution in [0.4, 0.5) is 10.1 Å². The zero-order valence-corrected chi connectivity index (χ0v) is 12.5. The van der Waals surface area contributed by atoms with Crippen LogP contribution in [0.1, 0.15) is 24.9 Å². The van der Waals surface area contributed by atoms with Gasteiger partial charge >= 0.3 is 0 Å². The number of hydrogen-bond acceptors (Lipinski definition) is 3. The lowest BCUT2D eigenvalue weighted by molar-refractivity contribution is 0.604. The van der Waals surface area contributed by atoms with Crippen LogP contribution in [0.5, 0.6) is 0 Å². The summed E-state index contributed by atoms with van der Waals surface area (Å²) in [5.74, 6) is 0.974. The highest BCUT2D eigenvalue weighted by Gasteiger charge is 2.10. The first-order chi connectivity index (χ1) is 8.60. The Labute approximate surface area is 114 Å². The second kappa shape index (κ2) is 7.64. The third-order valence-corrected chi connectivity index (χ3v) is 3.85. The largest absolute Gasteiger partial charge is 0.372 e. The van der Waals surface area contributed by atoms with E-state index < -0.39 is 0 Å². The second-order valence-electron chi connectivity index (χ2n) is 4.49. The minimum absolute atomic E-state index is 0.138. The van der Waals surface area contributed by atoms with Gasteiger partial charge in [-0.25, -0.2) is 4.39 Å². The van der Waals surface area contributed by atoms with E-state index in [-0.39, 0.29) is 11.9 Å². The molecule has 1 unspecified atom stereocenters. The molecule has 18 heavy (non-hydrogen) atoms. The molecule has 0 amide bonds. The summed E-state index contributed by atoms with van der Waals surface area (Å²) in [4.78, 5) is 1.99. The predicted molar refractivity (Wildman–Crippen MR) is 80.1 cm³/mol. The first-order valence-corrected chi connectivity index (χ1v) is 7.66. The zero-order chi connectivity index (χ0) is 13.5. The molecule has 0 aliphatic heterocycles. The number of anilines is 1. The van der Waals surface area contributed by atoms with Crippen molar-refractivity contribution in [1.29, 1.82) is 0 Å². The van der Waals surface area contributed by atoms with Crippen molar-refractivity contribution in [3.05, 3.63) is 29.6 Å². The van der Waals surface area contributed by atoms with Crippen LogP contribution < -0.4 is 10.2 Å². The van der Waals surface area contributed by atoms with Crippen molar-refractivity contribution in [3.63, 3.8) is 0 Å². The minimum atomic E-state index is -0.138. The summed E-state index contributed by atoms with van der Waals surface area (Å²) in [6.07, 6.45) is 3.17. The van der Waals surface area contributed by atoms with E-state index in [1.165, 1.54) is 0 Å². The van der Waals surface area contributed by atoms with E-state index in [4.69, 9.17) is 0 Å². The third kappa shape index (κ3) is 4.18. The van der Waals surface area contributed by atoms with Crippen LogP contribution in [0.25, 0.3) is 0 Å². The Hall–Kier alpha value is -0.740. The molecule has 0 saturated carbocycles. The van der Waals surface area contributed by atoms with Crippen molar-refractivity contribution < 1.29 is 4.39 Å². The summed E-state index contributed by atoms with van der Waals surface area (Å²) in [6, 6.07) is 5.67. The molecule has 1 aromatic rings. The summed E-state index contributed by atoms with van der Waals surface area (Å²) in [7, 11) is 3.82. The molecule has 1 aromatic carbocycles. The van der Waals surface area contributed by atoms with Gasteiger partial charge in [-0.3, -0.25) is 0 Å². The lowest BCUT2D eigenvalue weighted by atomic mass is 10.1. The third-order valence-electron chi connectivity index (χ3n) is 3.16. The Morgan fingerprint density at radius 2 is 2.17 bits per heavy atom. The second-order valence-corrected chi connectivity index (χ2v) is 5.47. The van der Waals surface area contributed by atoms with Gasteiger partial charge in [0.2, 0.25) is 0 Å². The molecule has 1 rings (SSSR count). The normalized spacial score (nSPS) is 12.5. The molecule has 0 radical (unpaired) electrons. The molecule has 0 saturated heterocycles. The van der Waals surface area contributed by atoms with Crippen molar-refractivity contribution in [3.8, 4) is 0 Å². The molecule has 2 nitrogen and oxygen atoms in total. The number of rotatable bonds is 7. The van der Waals surface area contributed by atoms with E-state index >= 15 is 0 Å². The Bertz CT molecular complexity index is 371. The number of nitrogens with zero attached hydrogens (tertiary/aromatic N) is 1. The smallest absolute Gasteiger partial charge is 0.146 e. The molecule has 1 N–H and O–H groups in total. The Morgan fingerprint density at radius 1 is 1.44 bits per heavy atom. The van der Waals surface area contributed by atoms with E-state index in [1.54, 1.807) is 6.07 Å². The Morgan fingerprint density at radius 3 is 2.72 bits per heavy atom. The summed E-state index contributed by atoms with van der Waals surface area (Å²) in [5.41, 5.74) is 1.67. The number of hydrogen-bond donors (Lipinski definition) is 1. The fourth-order valence-electron chi connectivity index (χ4n) is 1.84. The van der Waals surface area contributed by atoms with Crippen molar-refractivity contribution in [2.45, 2.75) is 19.4 Å². The Kier molecular flexibility index (Phi) is 6.50. The zero-order valence-electron chi connectivity index (χ0n) is 11.7. The first-order valence-electron chi connectivity index (χ1n) is 6.27. The van der Waals surface area contributed by atoms with Crippen molar-refractivity contribution in [1.82, 2.24) is 5.32 Å². The van der Waals surface area contributed by atoms with E-state index in [0.29, 0.717) is 5.69 Å². The molecule has 4 heteroatoms. The minimum Gasteiger partial charge on any atom is -0.372 e. The van der Waals surface area contributed by atoms with Crippen molar-refractivity contribution >= 4 is 17.4 Å². The summed E-state index contributed by atoms with van der Waals surface area (Å²) < 4.78 is 14.0. The molecule has 0 aliphatic carbocycles. The van der Waals surface area contributed by atoms with Crippen LogP contribution in [0.3, 0.4) is 0 Å². The molecule has 0 heterocycles. The molecule has 0 fully saturated rings. The predicted octanol–water partition coefficient (Wildman–Crippen LogP) is 3.30. The maximum atomic E-state index is 14.0. The van der Waals surface area contributed by atoms with Crippen molar-refractivity contribution in [2.75, 3.05) is 37.5 Å². The van der Waals surface area contributed by atoms with Gasteiger partial charge in [-0.05, 0) is 50.1 Å². The van der Waals surface area contributed by atoms with Crippen molar-refractivity contribution in [2.24, 2.45) is 0 Å². The van der Waals surface area contributed by atoms with Gasteiger partial charge in [-0.1, -0.05) is 6.07 Å². The van der Waals surface area contributed by atoms with Crippen LogP contribution in [-0.2, 0) is 0 Å². The quantitative estimate of drug-likeness (QED) is 0.765. The number of halogens is 1. The molecule has 1 atom stereocenters. The monoisotopic (exact) mass is 270 g/mol. The fraction of sp³-hybridized carbons (Fsp3) is 0.571. The highest BCUT2D eigenvalue weighted by molar-refractivity contribution is 7.98. The topological polar surface area (TPSA) is 15.3 Å². The van der Waals surface area contributed by atoms with Gasteiger partial charge in [0.1, 0.15) is 5.82 Å². The maximum Gasteiger partial charge on any atom is 0.146 e. The van der Waals surface area contributed by atoms with Crippen LogP contribution >= 0.6 is 11.8 Å². The van der Waals surface area contributed by atoms with Gasteiger partial charge < -0.3 is 10.2 Å². The van der Waals surface area contributed by atoms with E-state index in [9.17, 15) is 4.39 Å². The lowest BCUT2D eigenvalue weighted by Gasteiger charge is -2.21. The molecule has 102 valence electrons. The molecule has 0 bridgehead atoms. The van der Waals surface area contributed by atoms with Gasteiger partial charge in [-0.15, -0.1) is 0 Å². The van der Waals surface area contributed by atoms with Gasteiger partial charge in [0.25, 0.3) is 0 Å². The molecular weight excluding hydrogens is 247 g/mol. The SMILES string of the molecule is CNC(C)c1ccc(N(C)CCCSC)c(F)c1. The van der Waals surface area contributed by atoms with Gasteiger partial charge in [0, 0.05) is 19.6 Å². The average Bonchev–Trinajstić information content (AvgIpc) is 2.37. The molecule has 0 spiro atoms. The van der Waals surface area contributed by atoms with Crippen LogP contribution in [0.15, 0.2) is 18.2 Å². The van der Waals surface area contributed by atoms with Gasteiger partial charge in [-0.2, -0.15) is 11.8 Å². The highest BCUT2D eigenvalue weighted by atomic mass is 32.2. The standard InChI is InChI=1S/C14H23FN2S/c1-11(16-2)12-6-7-14(13(15)10-12)17(3)8-5-9-18-4/h6-7,10-11,16H,5,8-9H2,1-4H3.